The highest BCUT2D eigenvalue weighted by Gasteiger charge is 2.59. The summed E-state index contributed by atoms with van der Waals surface area (Å²) >= 11 is 0. The third kappa shape index (κ3) is 5.48. The standard InChI is InChI=1S/C28H34FN3O4/c1-35-23-5-7-24(8-6-23)36-20-26(33)31-11-9-28(10-12-31)18-25(28)27(34)32-15-13-30(14-16-32)19-21-3-2-4-22(29)17-21/h2-8,17,25H,9-16,18-20H2,1H3/t25-/m0/s1. The lowest BCUT2D eigenvalue weighted by Gasteiger charge is -2.36. The summed E-state index contributed by atoms with van der Waals surface area (Å²) in [5.74, 6) is 1.51. The number of carbonyl (C=O) groups excluding carboxylic acids is 2. The molecule has 2 aromatic rings. The average Bonchev–Trinajstić information content (AvgIpc) is 3.60. The maximum absolute atomic E-state index is 13.5. The molecule has 2 aliphatic heterocycles. The molecule has 1 saturated carbocycles. The molecular weight excluding hydrogens is 461 g/mol. The van der Waals surface area contributed by atoms with Crippen molar-refractivity contribution in [2.75, 3.05) is 53.0 Å². The van der Waals surface area contributed by atoms with Crippen molar-refractivity contribution in [2.45, 2.75) is 25.8 Å². The van der Waals surface area contributed by atoms with E-state index < -0.39 is 0 Å². The minimum absolute atomic E-state index is 0.0152. The van der Waals surface area contributed by atoms with Gasteiger partial charge in [0.1, 0.15) is 17.3 Å². The maximum atomic E-state index is 13.5. The smallest absolute Gasteiger partial charge is 0.260 e. The zero-order valence-corrected chi connectivity index (χ0v) is 20.8. The van der Waals surface area contributed by atoms with Gasteiger partial charge in [0.2, 0.25) is 5.91 Å². The molecule has 1 spiro atoms. The van der Waals surface area contributed by atoms with Gasteiger partial charge in [-0.05, 0) is 66.6 Å². The second kappa shape index (κ2) is 10.5. The number of halogens is 1. The first-order chi connectivity index (χ1) is 17.5. The highest BCUT2D eigenvalue weighted by atomic mass is 19.1. The van der Waals surface area contributed by atoms with Crippen molar-refractivity contribution in [1.29, 1.82) is 0 Å². The van der Waals surface area contributed by atoms with E-state index in [9.17, 15) is 14.0 Å². The predicted octanol–water partition coefficient (Wildman–Crippen LogP) is 3.19. The minimum atomic E-state index is -0.210. The summed E-state index contributed by atoms with van der Waals surface area (Å²) in [5, 5.41) is 0. The van der Waals surface area contributed by atoms with Crippen molar-refractivity contribution in [3.05, 3.63) is 59.9 Å². The molecule has 0 unspecified atom stereocenters. The lowest BCUT2D eigenvalue weighted by atomic mass is 9.90. The van der Waals surface area contributed by atoms with Crippen LogP contribution in [0.4, 0.5) is 4.39 Å². The van der Waals surface area contributed by atoms with Gasteiger partial charge in [0.15, 0.2) is 6.61 Å². The molecule has 36 heavy (non-hydrogen) atoms. The first kappa shape index (κ1) is 24.6. The lowest BCUT2D eigenvalue weighted by molar-refractivity contribution is -0.136. The van der Waals surface area contributed by atoms with Crippen LogP contribution in [0.5, 0.6) is 11.5 Å². The number of nitrogens with zero attached hydrogens (tertiary/aromatic N) is 3. The molecule has 1 aliphatic carbocycles. The van der Waals surface area contributed by atoms with Gasteiger partial charge in [-0.1, -0.05) is 12.1 Å². The minimum Gasteiger partial charge on any atom is -0.497 e. The number of benzene rings is 2. The van der Waals surface area contributed by atoms with Crippen molar-refractivity contribution < 1.29 is 23.5 Å². The van der Waals surface area contributed by atoms with Gasteiger partial charge in [0.25, 0.3) is 5.91 Å². The Labute approximate surface area is 211 Å². The summed E-state index contributed by atoms with van der Waals surface area (Å²) in [6, 6.07) is 13.9. The second-order valence-electron chi connectivity index (χ2n) is 10.2. The molecule has 0 N–H and O–H groups in total. The summed E-state index contributed by atoms with van der Waals surface area (Å²) in [6.07, 6.45) is 2.67. The molecule has 8 heteroatoms. The van der Waals surface area contributed by atoms with Crippen LogP contribution in [0.15, 0.2) is 48.5 Å². The van der Waals surface area contributed by atoms with Crippen LogP contribution in [-0.2, 0) is 16.1 Å². The molecule has 0 radical (unpaired) electrons. The van der Waals surface area contributed by atoms with E-state index in [1.165, 1.54) is 6.07 Å². The Kier molecular flexibility index (Phi) is 7.14. The summed E-state index contributed by atoms with van der Waals surface area (Å²) < 4.78 is 24.2. The van der Waals surface area contributed by atoms with Gasteiger partial charge in [-0.25, -0.2) is 4.39 Å². The number of ether oxygens (including phenoxy) is 2. The topological polar surface area (TPSA) is 62.3 Å². The predicted molar refractivity (Wildman–Crippen MR) is 133 cm³/mol. The number of rotatable bonds is 7. The molecule has 1 atom stereocenters. The average molecular weight is 496 g/mol. The second-order valence-corrected chi connectivity index (χ2v) is 10.2. The van der Waals surface area contributed by atoms with E-state index >= 15 is 0 Å². The van der Waals surface area contributed by atoms with E-state index in [1.807, 2.05) is 15.9 Å². The first-order valence-corrected chi connectivity index (χ1v) is 12.8. The lowest BCUT2D eigenvalue weighted by Crippen LogP contribution is -2.49. The van der Waals surface area contributed by atoms with Crippen molar-refractivity contribution in [3.63, 3.8) is 0 Å². The Morgan fingerprint density at radius 2 is 1.64 bits per heavy atom. The highest BCUT2D eigenvalue weighted by molar-refractivity contribution is 5.83. The van der Waals surface area contributed by atoms with Gasteiger partial charge in [-0.2, -0.15) is 0 Å². The zero-order chi connectivity index (χ0) is 25.1. The van der Waals surface area contributed by atoms with Gasteiger partial charge in [0, 0.05) is 51.7 Å². The van der Waals surface area contributed by atoms with Gasteiger partial charge in [-0.3, -0.25) is 14.5 Å². The zero-order valence-electron chi connectivity index (χ0n) is 20.8. The van der Waals surface area contributed by atoms with Crippen LogP contribution in [0.3, 0.4) is 0 Å². The van der Waals surface area contributed by atoms with E-state index in [1.54, 1.807) is 43.5 Å². The van der Waals surface area contributed by atoms with E-state index in [-0.39, 0.29) is 35.6 Å². The fourth-order valence-electron chi connectivity index (χ4n) is 5.60. The molecule has 0 aromatic heterocycles. The molecule has 5 rings (SSSR count). The summed E-state index contributed by atoms with van der Waals surface area (Å²) in [7, 11) is 1.61. The fraction of sp³-hybridized carbons (Fsp3) is 0.500. The molecule has 2 saturated heterocycles. The van der Waals surface area contributed by atoms with Crippen LogP contribution < -0.4 is 9.47 Å². The van der Waals surface area contributed by atoms with Crippen LogP contribution >= 0.6 is 0 Å². The maximum Gasteiger partial charge on any atom is 0.260 e. The fourth-order valence-corrected chi connectivity index (χ4v) is 5.60. The van der Waals surface area contributed by atoms with E-state index in [0.29, 0.717) is 38.5 Å². The van der Waals surface area contributed by atoms with Crippen LogP contribution in [0, 0.1) is 17.2 Å². The Balaban J connectivity index is 1.04. The monoisotopic (exact) mass is 495 g/mol. The summed E-state index contributed by atoms with van der Waals surface area (Å²) in [5.41, 5.74) is 1.02. The number of piperazine rings is 1. The van der Waals surface area contributed by atoms with Crippen molar-refractivity contribution in [2.24, 2.45) is 11.3 Å². The number of piperidine rings is 1. The molecule has 2 aromatic carbocycles. The van der Waals surface area contributed by atoms with E-state index in [0.717, 1.165) is 43.7 Å². The number of carbonyl (C=O) groups is 2. The number of hydrogen-bond acceptors (Lipinski definition) is 5. The first-order valence-electron chi connectivity index (χ1n) is 12.8. The number of amides is 2. The van der Waals surface area contributed by atoms with Crippen LogP contribution in [0.2, 0.25) is 0 Å². The number of likely N-dealkylation sites (tertiary alicyclic amines) is 1. The van der Waals surface area contributed by atoms with Crippen LogP contribution in [0.1, 0.15) is 24.8 Å². The van der Waals surface area contributed by atoms with Crippen LogP contribution in [-0.4, -0.2) is 79.5 Å². The van der Waals surface area contributed by atoms with Gasteiger partial charge < -0.3 is 19.3 Å². The molecule has 7 nitrogen and oxygen atoms in total. The van der Waals surface area contributed by atoms with Crippen molar-refractivity contribution in [3.8, 4) is 11.5 Å². The van der Waals surface area contributed by atoms with Gasteiger partial charge in [0.05, 0.1) is 7.11 Å². The van der Waals surface area contributed by atoms with Crippen molar-refractivity contribution in [1.82, 2.24) is 14.7 Å². The Hall–Kier alpha value is -3.13. The highest BCUT2D eigenvalue weighted by Crippen LogP contribution is 2.60. The molecule has 0 bridgehead atoms. The third-order valence-electron chi connectivity index (χ3n) is 8.00. The van der Waals surface area contributed by atoms with Gasteiger partial charge in [-0.15, -0.1) is 0 Å². The molecule has 2 amide bonds. The van der Waals surface area contributed by atoms with E-state index in [4.69, 9.17) is 9.47 Å². The Bertz CT molecular complexity index is 1080. The largest absolute Gasteiger partial charge is 0.497 e. The van der Waals surface area contributed by atoms with Crippen LogP contribution in [0.25, 0.3) is 0 Å². The van der Waals surface area contributed by atoms with Gasteiger partial charge >= 0.3 is 0 Å². The summed E-state index contributed by atoms with van der Waals surface area (Å²) in [6.45, 7) is 5.12. The SMILES string of the molecule is COc1ccc(OCC(=O)N2CCC3(CC2)C[C@H]3C(=O)N2CCN(Cc3cccc(F)c3)CC2)cc1. The molecule has 192 valence electrons. The van der Waals surface area contributed by atoms with Crippen molar-refractivity contribution >= 4 is 11.8 Å². The quantitative estimate of drug-likeness (QED) is 0.591. The normalized spacial score (nSPS) is 21.3. The Morgan fingerprint density at radius 1 is 0.944 bits per heavy atom. The Morgan fingerprint density at radius 3 is 2.31 bits per heavy atom. The molecule has 3 fully saturated rings. The van der Waals surface area contributed by atoms with E-state index in [2.05, 4.69) is 4.90 Å². The summed E-state index contributed by atoms with van der Waals surface area (Å²) in [4.78, 5) is 32.0. The number of methoxy groups -OCH3 is 1. The molecule has 3 aliphatic rings. The molecular formula is C28H34FN3O4. The third-order valence-corrected chi connectivity index (χ3v) is 8.00. The molecule has 2 heterocycles. The number of hydrogen-bond donors (Lipinski definition) is 0.